The van der Waals surface area contributed by atoms with Crippen LogP contribution in [0.25, 0.3) is 0 Å². The fourth-order valence-corrected chi connectivity index (χ4v) is 9.63. The molecule has 0 saturated heterocycles. The lowest BCUT2D eigenvalue weighted by Gasteiger charge is -2.61. The molecule has 33 heavy (non-hydrogen) atoms. The zero-order chi connectivity index (χ0) is 24.5. The number of hydrogen-bond acceptors (Lipinski definition) is 1. The summed E-state index contributed by atoms with van der Waals surface area (Å²) in [5.41, 5.74) is 2.30. The van der Waals surface area contributed by atoms with Crippen LogP contribution < -0.4 is 0 Å². The van der Waals surface area contributed by atoms with Crippen molar-refractivity contribution in [2.75, 3.05) is 0 Å². The largest absolute Gasteiger partial charge is 0.295 e. The van der Waals surface area contributed by atoms with E-state index >= 15 is 0 Å². The highest BCUT2D eigenvalue weighted by atomic mass is 16.1. The molecule has 0 bridgehead atoms. The van der Waals surface area contributed by atoms with E-state index in [0.29, 0.717) is 23.0 Å². The summed E-state index contributed by atoms with van der Waals surface area (Å²) in [5.74, 6) is 6.66. The molecular weight excluding hydrogens is 400 g/mol. The predicted octanol–water partition coefficient (Wildman–Crippen LogP) is 8.97. The van der Waals surface area contributed by atoms with Crippen LogP contribution in [-0.4, -0.2) is 5.78 Å². The van der Waals surface area contributed by atoms with Gasteiger partial charge >= 0.3 is 0 Å². The van der Waals surface area contributed by atoms with Gasteiger partial charge in [0, 0.05) is 5.92 Å². The van der Waals surface area contributed by atoms with Crippen molar-refractivity contribution in [1.82, 2.24) is 0 Å². The predicted molar refractivity (Wildman–Crippen MR) is 141 cm³/mol. The van der Waals surface area contributed by atoms with Gasteiger partial charge in [-0.3, -0.25) is 4.79 Å². The quantitative estimate of drug-likeness (QED) is 0.405. The molecule has 0 amide bonds. The van der Waals surface area contributed by atoms with Gasteiger partial charge in [0.2, 0.25) is 0 Å². The van der Waals surface area contributed by atoms with E-state index in [4.69, 9.17) is 0 Å². The van der Waals surface area contributed by atoms with Gasteiger partial charge in [-0.1, -0.05) is 74.8 Å². The maximum Gasteiger partial charge on any atom is 0.159 e. The fourth-order valence-electron chi connectivity index (χ4n) is 9.63. The maximum absolute atomic E-state index is 13.6. The lowest BCUT2D eigenvalue weighted by atomic mass is 9.42. The van der Waals surface area contributed by atoms with Gasteiger partial charge < -0.3 is 0 Å². The van der Waals surface area contributed by atoms with Crippen LogP contribution in [0.3, 0.4) is 0 Å². The molecule has 1 heteroatoms. The molecule has 0 N–H and O–H groups in total. The van der Waals surface area contributed by atoms with Gasteiger partial charge in [-0.2, -0.15) is 0 Å². The van der Waals surface area contributed by atoms with E-state index in [-0.39, 0.29) is 16.7 Å². The second-order valence-electron chi connectivity index (χ2n) is 14.7. The minimum atomic E-state index is 0.182. The Bertz CT molecular complexity index is 792. The van der Waals surface area contributed by atoms with Gasteiger partial charge in [-0.05, 0) is 115 Å². The van der Waals surface area contributed by atoms with E-state index in [2.05, 4.69) is 75.3 Å². The minimum Gasteiger partial charge on any atom is -0.295 e. The summed E-state index contributed by atoms with van der Waals surface area (Å²) in [6, 6.07) is 0. The Morgan fingerprint density at radius 1 is 0.909 bits per heavy atom. The Labute approximate surface area is 206 Å². The molecule has 4 aliphatic rings. The van der Waals surface area contributed by atoms with Crippen LogP contribution in [0, 0.1) is 69.5 Å². The highest BCUT2D eigenvalue weighted by molar-refractivity contribution is 5.94. The molecule has 0 spiro atoms. The molecular formula is C32H54O. The standard InChI is InChI=1S/C32H54O/c1-19(2)20(3)15-22(5)24(7)25-11-13-32(10)27-17-29(33)28-16-21(4)23(6)18-30(28,8)26(27)12-14-31(25,32)9/h17,19-26,28H,11-16,18H2,1-10H3/t20?,21-,22-,23+,24-,25-,26?,28+,30-,31-,32+/m1/s1. The Morgan fingerprint density at radius 2 is 1.58 bits per heavy atom. The molecule has 0 aromatic carbocycles. The number of ketones is 1. The maximum atomic E-state index is 13.6. The summed E-state index contributed by atoms with van der Waals surface area (Å²) >= 11 is 0. The van der Waals surface area contributed by atoms with Crippen LogP contribution in [0.15, 0.2) is 11.6 Å². The second kappa shape index (κ2) is 8.51. The van der Waals surface area contributed by atoms with Crippen molar-refractivity contribution in [3.8, 4) is 0 Å². The SMILES string of the molecule is CC(C)C(C)C[C@@H](C)[C@@H](C)[C@H]1CC[C@@]2(C)C3=CC(=O)[C@@H]4C[C@@H](C)[C@@H](C)C[C@]4(C)C3CC[C@]12C. The number of fused-ring (bicyclic) bond motifs is 5. The van der Waals surface area contributed by atoms with E-state index in [9.17, 15) is 4.79 Å². The Morgan fingerprint density at radius 3 is 2.21 bits per heavy atom. The molecule has 11 atom stereocenters. The molecule has 3 saturated carbocycles. The molecule has 4 aliphatic carbocycles. The average molecular weight is 455 g/mol. The van der Waals surface area contributed by atoms with Gasteiger partial charge in [-0.25, -0.2) is 0 Å². The molecule has 188 valence electrons. The third kappa shape index (κ3) is 3.72. The third-order valence-electron chi connectivity index (χ3n) is 13.0. The van der Waals surface area contributed by atoms with Crippen LogP contribution in [0.1, 0.15) is 114 Å². The minimum absolute atomic E-state index is 0.182. The van der Waals surface area contributed by atoms with Gasteiger partial charge in [0.25, 0.3) is 0 Å². The van der Waals surface area contributed by atoms with Gasteiger partial charge in [0.15, 0.2) is 5.78 Å². The Hall–Kier alpha value is -0.590. The van der Waals surface area contributed by atoms with Crippen LogP contribution in [-0.2, 0) is 4.79 Å². The van der Waals surface area contributed by atoms with Crippen molar-refractivity contribution in [3.05, 3.63) is 11.6 Å². The van der Waals surface area contributed by atoms with E-state index in [1.54, 1.807) is 5.57 Å². The fraction of sp³-hybridized carbons (Fsp3) is 0.906. The van der Waals surface area contributed by atoms with Crippen molar-refractivity contribution < 1.29 is 4.79 Å². The zero-order valence-electron chi connectivity index (χ0n) is 23.6. The first-order valence-corrected chi connectivity index (χ1v) is 14.5. The molecule has 2 unspecified atom stereocenters. The van der Waals surface area contributed by atoms with Crippen LogP contribution in [0.5, 0.6) is 0 Å². The summed E-state index contributed by atoms with van der Waals surface area (Å²) in [6.45, 7) is 24.8. The van der Waals surface area contributed by atoms with E-state index < -0.39 is 0 Å². The monoisotopic (exact) mass is 454 g/mol. The highest BCUT2D eigenvalue weighted by Gasteiger charge is 2.65. The first-order valence-electron chi connectivity index (χ1n) is 14.5. The van der Waals surface area contributed by atoms with Crippen LogP contribution >= 0.6 is 0 Å². The van der Waals surface area contributed by atoms with E-state index in [0.717, 1.165) is 41.9 Å². The third-order valence-corrected chi connectivity index (χ3v) is 13.0. The summed E-state index contributed by atoms with van der Waals surface area (Å²) in [5, 5.41) is 0. The topological polar surface area (TPSA) is 17.1 Å². The smallest absolute Gasteiger partial charge is 0.159 e. The highest BCUT2D eigenvalue weighted by Crippen LogP contribution is 2.72. The normalized spacial score (nSPS) is 47.9. The average Bonchev–Trinajstić information content (AvgIpc) is 3.01. The van der Waals surface area contributed by atoms with Gasteiger partial charge in [-0.15, -0.1) is 0 Å². The number of carbonyl (C=O) groups is 1. The zero-order valence-corrected chi connectivity index (χ0v) is 23.6. The molecule has 4 rings (SSSR count). The van der Waals surface area contributed by atoms with Crippen molar-refractivity contribution >= 4 is 5.78 Å². The first-order chi connectivity index (χ1) is 15.3. The molecule has 0 heterocycles. The molecule has 0 radical (unpaired) electrons. The number of allylic oxidation sites excluding steroid dienone is 2. The molecule has 0 aromatic heterocycles. The Kier molecular flexibility index (Phi) is 6.58. The van der Waals surface area contributed by atoms with Crippen molar-refractivity contribution in [3.63, 3.8) is 0 Å². The van der Waals surface area contributed by atoms with E-state index in [1.165, 1.54) is 38.5 Å². The first kappa shape index (κ1) is 25.5. The number of carbonyl (C=O) groups excluding carboxylic acids is 1. The summed E-state index contributed by atoms with van der Waals surface area (Å²) < 4.78 is 0. The summed E-state index contributed by atoms with van der Waals surface area (Å²) in [6.07, 6.45) is 11.2. The lowest BCUT2D eigenvalue weighted by molar-refractivity contribution is -0.134. The molecule has 0 aliphatic heterocycles. The van der Waals surface area contributed by atoms with Crippen LogP contribution in [0.2, 0.25) is 0 Å². The van der Waals surface area contributed by atoms with Gasteiger partial charge in [0.05, 0.1) is 0 Å². The number of rotatable bonds is 5. The molecule has 0 aromatic rings. The molecule has 3 fully saturated rings. The Balaban J connectivity index is 1.64. The van der Waals surface area contributed by atoms with Crippen LogP contribution in [0.4, 0.5) is 0 Å². The molecule has 1 nitrogen and oxygen atoms in total. The summed E-state index contributed by atoms with van der Waals surface area (Å²) in [4.78, 5) is 13.6. The van der Waals surface area contributed by atoms with Gasteiger partial charge in [0.1, 0.15) is 0 Å². The number of hydrogen-bond donors (Lipinski definition) is 0. The van der Waals surface area contributed by atoms with E-state index in [1.807, 2.05) is 0 Å². The lowest BCUT2D eigenvalue weighted by Crippen LogP contribution is -2.56. The van der Waals surface area contributed by atoms with Crippen molar-refractivity contribution in [2.45, 2.75) is 114 Å². The second-order valence-corrected chi connectivity index (χ2v) is 14.7. The summed E-state index contributed by atoms with van der Waals surface area (Å²) in [7, 11) is 0. The van der Waals surface area contributed by atoms with Crippen molar-refractivity contribution in [2.24, 2.45) is 69.5 Å². The van der Waals surface area contributed by atoms with Crippen molar-refractivity contribution in [1.29, 1.82) is 0 Å².